The van der Waals surface area contributed by atoms with Crippen LogP contribution in [0, 0.1) is 0 Å². The zero-order valence-electron chi connectivity index (χ0n) is 14.4. The lowest BCUT2D eigenvalue weighted by molar-refractivity contribution is 0.0729. The van der Waals surface area contributed by atoms with Crippen LogP contribution in [-0.4, -0.2) is 31.9 Å². The highest BCUT2D eigenvalue weighted by atomic mass is 16.2. The van der Waals surface area contributed by atoms with Crippen LogP contribution in [0.5, 0.6) is 0 Å². The van der Waals surface area contributed by atoms with Crippen molar-refractivity contribution in [1.82, 2.24) is 19.4 Å². The van der Waals surface area contributed by atoms with Crippen LogP contribution in [-0.2, 0) is 20.0 Å². The number of pyridine rings is 1. The Hall–Kier alpha value is -2.95. The standard InChI is InChI=1S/C20H22N4O/c1-23-16-21-14-19(23)20(25)24(15-18-11-5-6-12-22-18)13-7-10-17-8-3-2-4-9-17/h2-6,8-9,11-12,14,16H,7,10,13,15H2,1H3. The molecule has 0 fully saturated rings. The van der Waals surface area contributed by atoms with Crippen LogP contribution in [0.25, 0.3) is 0 Å². The molecule has 5 nitrogen and oxygen atoms in total. The predicted molar refractivity (Wildman–Crippen MR) is 96.9 cm³/mol. The normalized spacial score (nSPS) is 10.6. The summed E-state index contributed by atoms with van der Waals surface area (Å²) in [6.07, 6.45) is 6.87. The zero-order chi connectivity index (χ0) is 17.5. The van der Waals surface area contributed by atoms with Gasteiger partial charge in [0.15, 0.2) is 0 Å². The minimum Gasteiger partial charge on any atom is -0.331 e. The third-order valence-corrected chi connectivity index (χ3v) is 4.14. The van der Waals surface area contributed by atoms with Crippen molar-refractivity contribution in [2.24, 2.45) is 7.05 Å². The van der Waals surface area contributed by atoms with E-state index in [9.17, 15) is 4.79 Å². The van der Waals surface area contributed by atoms with Crippen LogP contribution in [0.3, 0.4) is 0 Å². The molecule has 0 unspecified atom stereocenters. The number of hydrogen-bond acceptors (Lipinski definition) is 3. The Balaban J connectivity index is 1.70. The molecule has 1 amide bonds. The molecule has 0 aliphatic carbocycles. The molecule has 0 spiro atoms. The van der Waals surface area contributed by atoms with Gasteiger partial charge in [-0.1, -0.05) is 36.4 Å². The summed E-state index contributed by atoms with van der Waals surface area (Å²) in [6, 6.07) is 16.1. The molecular weight excluding hydrogens is 312 g/mol. The molecule has 3 aromatic rings. The highest BCUT2D eigenvalue weighted by Crippen LogP contribution is 2.11. The van der Waals surface area contributed by atoms with Gasteiger partial charge >= 0.3 is 0 Å². The van der Waals surface area contributed by atoms with Crippen molar-refractivity contribution in [2.45, 2.75) is 19.4 Å². The van der Waals surface area contributed by atoms with E-state index in [2.05, 4.69) is 22.1 Å². The van der Waals surface area contributed by atoms with Crippen LogP contribution in [0.2, 0.25) is 0 Å². The van der Waals surface area contributed by atoms with Gasteiger partial charge in [0.25, 0.3) is 5.91 Å². The number of carbonyl (C=O) groups is 1. The van der Waals surface area contributed by atoms with E-state index in [-0.39, 0.29) is 5.91 Å². The summed E-state index contributed by atoms with van der Waals surface area (Å²) in [5.41, 5.74) is 2.77. The van der Waals surface area contributed by atoms with E-state index in [1.807, 2.05) is 48.3 Å². The van der Waals surface area contributed by atoms with Gasteiger partial charge in [0.05, 0.1) is 24.8 Å². The van der Waals surface area contributed by atoms with Crippen LogP contribution in [0.15, 0.2) is 67.3 Å². The summed E-state index contributed by atoms with van der Waals surface area (Å²) in [4.78, 5) is 23.2. The molecule has 1 aromatic carbocycles. The fraction of sp³-hybridized carbons (Fsp3) is 0.250. The average molecular weight is 334 g/mol. The van der Waals surface area contributed by atoms with Gasteiger partial charge in [0.1, 0.15) is 5.69 Å². The molecule has 0 N–H and O–H groups in total. The number of rotatable bonds is 7. The summed E-state index contributed by atoms with van der Waals surface area (Å²) in [5.74, 6) is -0.0151. The molecular formula is C20H22N4O. The summed E-state index contributed by atoms with van der Waals surface area (Å²) in [5, 5.41) is 0. The van der Waals surface area contributed by atoms with Crippen molar-refractivity contribution in [2.75, 3.05) is 6.54 Å². The molecule has 5 heteroatoms. The maximum Gasteiger partial charge on any atom is 0.272 e. The molecule has 0 saturated heterocycles. The van der Waals surface area contributed by atoms with Crippen LogP contribution < -0.4 is 0 Å². The highest BCUT2D eigenvalue weighted by molar-refractivity contribution is 5.92. The monoisotopic (exact) mass is 334 g/mol. The molecule has 25 heavy (non-hydrogen) atoms. The van der Waals surface area contributed by atoms with Crippen LogP contribution in [0.1, 0.15) is 28.2 Å². The maximum absolute atomic E-state index is 12.9. The van der Waals surface area contributed by atoms with E-state index in [4.69, 9.17) is 0 Å². The predicted octanol–water partition coefficient (Wildman–Crippen LogP) is 3.09. The second kappa shape index (κ2) is 8.24. The summed E-state index contributed by atoms with van der Waals surface area (Å²) < 4.78 is 1.75. The third kappa shape index (κ3) is 4.53. The molecule has 3 rings (SSSR count). The number of carbonyl (C=O) groups excluding carboxylic acids is 1. The third-order valence-electron chi connectivity index (χ3n) is 4.14. The molecule has 0 atom stereocenters. The van der Waals surface area contributed by atoms with Gasteiger partial charge in [0.2, 0.25) is 0 Å². The molecule has 0 aliphatic heterocycles. The van der Waals surface area contributed by atoms with E-state index < -0.39 is 0 Å². The first kappa shape index (κ1) is 16.9. The quantitative estimate of drug-likeness (QED) is 0.667. The minimum absolute atomic E-state index is 0.0151. The first-order chi connectivity index (χ1) is 12.2. The topological polar surface area (TPSA) is 51.0 Å². The van der Waals surface area contributed by atoms with Crippen molar-refractivity contribution in [3.8, 4) is 0 Å². The number of aryl methyl sites for hydroxylation is 2. The lowest BCUT2D eigenvalue weighted by Gasteiger charge is -2.22. The van der Waals surface area contributed by atoms with Gasteiger partial charge < -0.3 is 9.47 Å². The molecule has 2 aromatic heterocycles. The highest BCUT2D eigenvalue weighted by Gasteiger charge is 2.19. The van der Waals surface area contributed by atoms with Crippen molar-refractivity contribution in [3.63, 3.8) is 0 Å². The first-order valence-electron chi connectivity index (χ1n) is 8.43. The smallest absolute Gasteiger partial charge is 0.272 e. The van der Waals surface area contributed by atoms with Crippen molar-refractivity contribution in [1.29, 1.82) is 0 Å². The van der Waals surface area contributed by atoms with Gasteiger partial charge in [-0.05, 0) is 30.5 Å². The largest absolute Gasteiger partial charge is 0.331 e. The Kier molecular flexibility index (Phi) is 5.57. The van der Waals surface area contributed by atoms with E-state index >= 15 is 0 Å². The number of imidazole rings is 1. The Labute approximate surface area is 148 Å². The minimum atomic E-state index is -0.0151. The number of hydrogen-bond donors (Lipinski definition) is 0. The molecule has 0 radical (unpaired) electrons. The summed E-state index contributed by atoms with van der Waals surface area (Å²) in [6.45, 7) is 1.18. The second-order valence-corrected chi connectivity index (χ2v) is 6.03. The number of benzene rings is 1. The number of nitrogens with zero attached hydrogens (tertiary/aromatic N) is 4. The van der Waals surface area contributed by atoms with Crippen molar-refractivity contribution >= 4 is 5.91 Å². The van der Waals surface area contributed by atoms with E-state index in [0.29, 0.717) is 18.8 Å². The van der Waals surface area contributed by atoms with Gasteiger partial charge in [-0.3, -0.25) is 9.78 Å². The molecule has 0 aliphatic rings. The van der Waals surface area contributed by atoms with Gasteiger partial charge in [0, 0.05) is 19.8 Å². The van der Waals surface area contributed by atoms with Crippen LogP contribution in [0.4, 0.5) is 0 Å². The molecule has 0 saturated carbocycles. The van der Waals surface area contributed by atoms with E-state index in [1.165, 1.54) is 5.56 Å². The summed E-state index contributed by atoms with van der Waals surface area (Å²) >= 11 is 0. The van der Waals surface area contributed by atoms with Crippen LogP contribution >= 0.6 is 0 Å². The lowest BCUT2D eigenvalue weighted by Crippen LogP contribution is -2.33. The zero-order valence-corrected chi connectivity index (χ0v) is 14.4. The van der Waals surface area contributed by atoms with E-state index in [0.717, 1.165) is 18.5 Å². The van der Waals surface area contributed by atoms with Gasteiger partial charge in [-0.25, -0.2) is 4.98 Å². The maximum atomic E-state index is 12.9. The fourth-order valence-corrected chi connectivity index (χ4v) is 2.78. The summed E-state index contributed by atoms with van der Waals surface area (Å²) in [7, 11) is 1.84. The second-order valence-electron chi connectivity index (χ2n) is 6.03. The van der Waals surface area contributed by atoms with Crippen molar-refractivity contribution in [3.05, 3.63) is 84.2 Å². The number of amides is 1. The van der Waals surface area contributed by atoms with E-state index in [1.54, 1.807) is 23.3 Å². The lowest BCUT2D eigenvalue weighted by atomic mass is 10.1. The molecule has 0 bridgehead atoms. The van der Waals surface area contributed by atoms with Gasteiger partial charge in [-0.15, -0.1) is 0 Å². The first-order valence-corrected chi connectivity index (χ1v) is 8.43. The van der Waals surface area contributed by atoms with Crippen molar-refractivity contribution < 1.29 is 4.79 Å². The van der Waals surface area contributed by atoms with Gasteiger partial charge in [-0.2, -0.15) is 0 Å². The molecule has 2 heterocycles. The molecule has 128 valence electrons. The Morgan fingerprint density at radius 1 is 1.12 bits per heavy atom. The number of aromatic nitrogens is 3. The SMILES string of the molecule is Cn1cncc1C(=O)N(CCCc1ccccc1)Cc1ccccn1. The Morgan fingerprint density at radius 2 is 1.92 bits per heavy atom. The average Bonchev–Trinajstić information content (AvgIpc) is 3.08. The Bertz CT molecular complexity index is 799. The fourth-order valence-electron chi connectivity index (χ4n) is 2.78. The Morgan fingerprint density at radius 3 is 2.60 bits per heavy atom.